The van der Waals surface area contributed by atoms with Crippen LogP contribution in [0.5, 0.6) is 0 Å². The number of rotatable bonds is 12. The van der Waals surface area contributed by atoms with E-state index in [1.54, 1.807) is 32.6 Å². The molecule has 2 heterocycles. The Morgan fingerprint density at radius 1 is 1.15 bits per heavy atom. The summed E-state index contributed by atoms with van der Waals surface area (Å²) >= 11 is 0. The van der Waals surface area contributed by atoms with Gasteiger partial charge in [0.1, 0.15) is 11.3 Å². The van der Waals surface area contributed by atoms with Gasteiger partial charge in [0, 0.05) is 28.0 Å². The normalized spacial score (nSPS) is 37.8. The third-order valence-electron chi connectivity index (χ3n) is 16.5. The molecule has 54 heavy (non-hydrogen) atoms. The van der Waals surface area contributed by atoms with E-state index < -0.39 is 5.91 Å². The van der Waals surface area contributed by atoms with Gasteiger partial charge in [-0.2, -0.15) is 5.10 Å². The Balaban J connectivity index is 0.000000514. The summed E-state index contributed by atoms with van der Waals surface area (Å²) in [5, 5.41) is 3.68. The van der Waals surface area contributed by atoms with E-state index >= 15 is 0 Å². The summed E-state index contributed by atoms with van der Waals surface area (Å²) in [6, 6.07) is 0. The Morgan fingerprint density at radius 2 is 1.81 bits per heavy atom. The zero-order chi connectivity index (χ0) is 40.7. The molecule has 8 heteroatoms. The maximum Gasteiger partial charge on any atom is 0.266 e. The van der Waals surface area contributed by atoms with Crippen molar-refractivity contribution >= 4 is 12.1 Å². The summed E-state index contributed by atoms with van der Waals surface area (Å²) in [6.45, 7) is 33.5. The van der Waals surface area contributed by atoms with Crippen molar-refractivity contribution in [1.29, 1.82) is 0 Å². The average Bonchev–Trinajstić information content (AvgIpc) is 3.10. The molecule has 2 saturated carbocycles. The molecule has 0 aromatic carbocycles. The molecule has 0 aromatic heterocycles. The molecule has 0 aromatic rings. The lowest BCUT2D eigenvalue weighted by atomic mass is 9.38. The molecule has 3 aliphatic carbocycles. The fourth-order valence-corrected chi connectivity index (χ4v) is 11.7. The van der Waals surface area contributed by atoms with Crippen LogP contribution >= 0.6 is 0 Å². The van der Waals surface area contributed by atoms with Crippen molar-refractivity contribution in [2.75, 3.05) is 27.3 Å². The van der Waals surface area contributed by atoms with Crippen LogP contribution in [-0.4, -0.2) is 67.7 Å². The first-order valence-corrected chi connectivity index (χ1v) is 21.2. The summed E-state index contributed by atoms with van der Waals surface area (Å²) in [6.07, 6.45) is 17.6. The molecule has 308 valence electrons. The van der Waals surface area contributed by atoms with E-state index in [1.165, 1.54) is 32.1 Å². The number of carbonyl (C=O) groups is 1. The van der Waals surface area contributed by atoms with E-state index in [2.05, 4.69) is 124 Å². The highest BCUT2D eigenvalue weighted by Crippen LogP contribution is 2.73. The molecule has 3 N–H and O–H groups in total. The molecule has 0 radical (unpaired) electrons. The van der Waals surface area contributed by atoms with Crippen LogP contribution in [0.15, 0.2) is 40.4 Å². The van der Waals surface area contributed by atoms with E-state index in [0.717, 1.165) is 31.6 Å². The van der Waals surface area contributed by atoms with Gasteiger partial charge in [0.25, 0.3) is 5.91 Å². The number of allylic oxidation sites excluding steroid dienone is 3. The molecular weight excluding hydrogens is 673 g/mol. The number of nitrogens with one attached hydrogen (secondary N) is 1. The number of nitrogens with zero attached hydrogens (tertiary/aromatic N) is 2. The molecule has 5 rings (SSSR count). The second kappa shape index (κ2) is 16.4. The highest BCUT2D eigenvalue weighted by Gasteiger charge is 2.68. The Bertz CT molecular complexity index is 1450. The summed E-state index contributed by atoms with van der Waals surface area (Å²) in [4.78, 5) is 13.0. The lowest BCUT2D eigenvalue weighted by Gasteiger charge is -2.69. The van der Waals surface area contributed by atoms with Crippen LogP contribution in [0.4, 0.5) is 0 Å². The Morgan fingerprint density at radius 3 is 2.35 bits per heavy atom. The van der Waals surface area contributed by atoms with Crippen molar-refractivity contribution in [2.45, 2.75) is 165 Å². The Kier molecular flexibility index (Phi) is 13.5. The van der Waals surface area contributed by atoms with E-state index in [-0.39, 0.29) is 45.0 Å². The second-order valence-electron chi connectivity index (χ2n) is 19.9. The molecule has 5 aliphatic rings. The zero-order valence-electron chi connectivity index (χ0n) is 37.3. The van der Waals surface area contributed by atoms with E-state index in [4.69, 9.17) is 19.9 Å². The number of hydrogen-bond acceptors (Lipinski definition) is 7. The summed E-state index contributed by atoms with van der Waals surface area (Å²) < 4.78 is 20.5. The number of hydrogen-bond donors (Lipinski definition) is 2. The molecule has 11 atom stereocenters. The van der Waals surface area contributed by atoms with Gasteiger partial charge in [0.2, 0.25) is 0 Å². The van der Waals surface area contributed by atoms with Gasteiger partial charge in [0.15, 0.2) is 0 Å². The van der Waals surface area contributed by atoms with E-state index in [9.17, 15) is 4.79 Å². The monoisotopic (exact) mass is 753 g/mol. The van der Waals surface area contributed by atoms with E-state index in [0.29, 0.717) is 35.3 Å². The molecule has 1 amide bonds. The van der Waals surface area contributed by atoms with Crippen molar-refractivity contribution in [1.82, 2.24) is 10.3 Å². The third-order valence-corrected chi connectivity index (χ3v) is 16.5. The smallest absolute Gasteiger partial charge is 0.266 e. The predicted octanol–water partition coefficient (Wildman–Crippen LogP) is 9.66. The quantitative estimate of drug-likeness (QED) is 0.0892. The molecule has 1 saturated heterocycles. The first-order valence-electron chi connectivity index (χ1n) is 21.2. The SMILES string of the molecule is C/C=N\NC(C(N)=O)=C(C)C.CCC(OC[C@@](C)(C(C)C)N(C)C)[C@@]1(C)COC(C)C2(C)C3=CC[C@]45C=CO[C@]([C@H](C)C(C)C)(CCC4(C)C3CCC21)C5. The van der Waals surface area contributed by atoms with Crippen LogP contribution in [0.1, 0.15) is 142 Å². The minimum Gasteiger partial charge on any atom is -0.495 e. The van der Waals surface area contributed by atoms with Crippen LogP contribution < -0.4 is 11.2 Å². The standard InChI is InChI=1S/C39H67NO3.C7H13N3O/c1-14-33(42-25-36(10,27(4)5)40(12)13)34(8)24-41-29(7)37(11)31-17-18-38-21-22-43-39(23-38,28(6)26(2)3)20-19-35(38,9)30(31)15-16-32(34)37;1-4-9-10-6(5(2)3)7(8)11/h17,21-22,26-30,32-33H,14-16,18-20,23-25H2,1-13H3;4,10H,1-3H3,(H2,8,11)/b;9-4-/t28-,29?,30?,32?,33?,34+,35?,36+,37?,38-,39-;/m1./s1. The molecule has 2 aliphatic heterocycles. The molecule has 1 spiro atoms. The van der Waals surface area contributed by atoms with Crippen LogP contribution in [0, 0.1) is 51.2 Å². The predicted molar refractivity (Wildman–Crippen MR) is 224 cm³/mol. The summed E-state index contributed by atoms with van der Waals surface area (Å²) in [5.74, 6) is 2.35. The summed E-state index contributed by atoms with van der Waals surface area (Å²) in [7, 11) is 4.40. The first-order chi connectivity index (χ1) is 25.1. The van der Waals surface area contributed by atoms with Crippen molar-refractivity contribution in [3.63, 3.8) is 0 Å². The highest BCUT2D eigenvalue weighted by atomic mass is 16.5. The van der Waals surface area contributed by atoms with Crippen molar-refractivity contribution < 1.29 is 19.0 Å². The van der Waals surface area contributed by atoms with Crippen LogP contribution in [-0.2, 0) is 19.0 Å². The Labute approximate surface area is 330 Å². The van der Waals surface area contributed by atoms with Gasteiger partial charge in [-0.05, 0) is 140 Å². The first kappa shape index (κ1) is 44.6. The number of nitrogens with two attached hydrogens (primary N) is 1. The van der Waals surface area contributed by atoms with Gasteiger partial charge in [0.05, 0.1) is 31.7 Å². The minimum absolute atomic E-state index is 0.00284. The van der Waals surface area contributed by atoms with E-state index in [1.807, 2.05) is 0 Å². The minimum atomic E-state index is -0.490. The molecule has 6 unspecified atom stereocenters. The third kappa shape index (κ3) is 7.39. The maximum absolute atomic E-state index is 10.7. The molecule has 3 fully saturated rings. The van der Waals surface area contributed by atoms with Crippen molar-refractivity contribution in [3.05, 3.63) is 35.3 Å². The fourth-order valence-electron chi connectivity index (χ4n) is 11.7. The molecule has 2 bridgehead atoms. The molecule has 8 nitrogen and oxygen atoms in total. The van der Waals surface area contributed by atoms with Crippen LogP contribution in [0.3, 0.4) is 0 Å². The van der Waals surface area contributed by atoms with Gasteiger partial charge < -0.3 is 24.8 Å². The number of likely N-dealkylation sites (N-methyl/N-ethyl adjacent to an activating group) is 1. The van der Waals surface area contributed by atoms with Crippen molar-refractivity contribution in [2.24, 2.45) is 62.1 Å². The number of ether oxygens (including phenoxy) is 3. The lowest BCUT2D eigenvalue weighted by molar-refractivity contribution is -0.230. The van der Waals surface area contributed by atoms with Gasteiger partial charge in [-0.3, -0.25) is 10.2 Å². The number of hydrazone groups is 1. The lowest BCUT2D eigenvalue weighted by Crippen LogP contribution is -2.66. The average molecular weight is 753 g/mol. The number of amides is 1. The van der Waals surface area contributed by atoms with Crippen LogP contribution in [0.2, 0.25) is 0 Å². The highest BCUT2D eigenvalue weighted by molar-refractivity contribution is 5.92. The number of primary amides is 1. The van der Waals surface area contributed by atoms with Crippen LogP contribution in [0.25, 0.3) is 0 Å². The van der Waals surface area contributed by atoms with Gasteiger partial charge in [-0.15, -0.1) is 0 Å². The largest absolute Gasteiger partial charge is 0.495 e. The van der Waals surface area contributed by atoms with Crippen molar-refractivity contribution in [3.8, 4) is 0 Å². The fraction of sp³-hybridized carbons (Fsp3) is 0.826. The topological polar surface area (TPSA) is 98.4 Å². The zero-order valence-corrected chi connectivity index (χ0v) is 37.3. The second-order valence-corrected chi connectivity index (χ2v) is 19.9. The Hall–Kier alpha value is -2.16. The van der Waals surface area contributed by atoms with Gasteiger partial charge >= 0.3 is 0 Å². The maximum atomic E-state index is 10.7. The van der Waals surface area contributed by atoms with Gasteiger partial charge in [-0.1, -0.05) is 74.0 Å². The number of fused-ring (bicyclic) bond motifs is 5. The summed E-state index contributed by atoms with van der Waals surface area (Å²) in [5.41, 5.74) is 10.9. The van der Waals surface area contributed by atoms with Gasteiger partial charge in [-0.25, -0.2) is 0 Å². The molecular formula is C46H80N4O4. The number of carbonyl (C=O) groups excluding carboxylic acids is 1.